The van der Waals surface area contributed by atoms with Gasteiger partial charge in [-0.3, -0.25) is 4.79 Å². The van der Waals surface area contributed by atoms with E-state index in [1.807, 2.05) is 6.92 Å². The monoisotopic (exact) mass is 286 g/mol. The van der Waals surface area contributed by atoms with Gasteiger partial charge in [0.05, 0.1) is 11.1 Å². The van der Waals surface area contributed by atoms with Crippen LogP contribution in [0.3, 0.4) is 0 Å². The number of hydrogen-bond acceptors (Lipinski definition) is 2. The molecular formula is C11H12Cl2N4O. The summed E-state index contributed by atoms with van der Waals surface area (Å²) in [6.07, 6.45) is 4.08. The molecule has 0 aliphatic carbocycles. The quantitative estimate of drug-likeness (QED) is 0.808. The molecule has 96 valence electrons. The molecule has 0 aromatic carbocycles. The third kappa shape index (κ3) is 2.68. The van der Waals surface area contributed by atoms with E-state index in [-0.39, 0.29) is 17.1 Å². The Hall–Kier alpha value is -1.46. The minimum absolute atomic E-state index is 0.173. The maximum Gasteiger partial charge on any atom is 0.268 e. The molecule has 7 heteroatoms. The predicted molar refractivity (Wildman–Crippen MR) is 69.9 cm³/mol. The maximum absolute atomic E-state index is 12.0. The van der Waals surface area contributed by atoms with E-state index >= 15 is 0 Å². The van der Waals surface area contributed by atoms with Crippen LogP contribution in [0, 0.1) is 0 Å². The zero-order valence-corrected chi connectivity index (χ0v) is 11.1. The average Bonchev–Trinajstić information content (AvgIpc) is 2.97. The summed E-state index contributed by atoms with van der Waals surface area (Å²) in [7, 11) is 0. The number of rotatable bonds is 4. The fraction of sp³-hybridized carbons (Fsp3) is 0.273. The average molecular weight is 287 g/mol. The predicted octanol–water partition coefficient (Wildman–Crippen LogP) is 2.93. The molecule has 0 aliphatic heterocycles. The second kappa shape index (κ2) is 5.46. The molecule has 0 aliphatic rings. The molecule has 1 amide bonds. The Balaban J connectivity index is 2.10. The number of aromatic nitrogens is 3. The van der Waals surface area contributed by atoms with Crippen molar-refractivity contribution in [1.82, 2.24) is 20.3 Å². The van der Waals surface area contributed by atoms with Crippen LogP contribution >= 0.6 is 23.2 Å². The minimum atomic E-state index is -0.271. The van der Waals surface area contributed by atoms with Crippen molar-refractivity contribution < 1.29 is 4.79 Å². The van der Waals surface area contributed by atoms with Crippen molar-refractivity contribution in [3.63, 3.8) is 0 Å². The van der Waals surface area contributed by atoms with Gasteiger partial charge >= 0.3 is 0 Å². The van der Waals surface area contributed by atoms with Crippen molar-refractivity contribution in [3.8, 4) is 0 Å². The molecule has 2 rings (SSSR count). The number of aromatic amines is 2. The summed E-state index contributed by atoms with van der Waals surface area (Å²) < 4.78 is 0. The molecule has 18 heavy (non-hydrogen) atoms. The largest absolute Gasteiger partial charge is 0.347 e. The number of imidazole rings is 1. The Labute approximate surface area is 114 Å². The van der Waals surface area contributed by atoms with Crippen LogP contribution in [0.1, 0.15) is 35.7 Å². The highest BCUT2D eigenvalue weighted by Gasteiger charge is 2.18. The molecule has 0 radical (unpaired) electrons. The number of carbonyl (C=O) groups is 1. The maximum atomic E-state index is 12.0. The number of carbonyl (C=O) groups excluding carboxylic acids is 1. The van der Waals surface area contributed by atoms with E-state index in [0.717, 1.165) is 12.2 Å². The third-order valence-electron chi connectivity index (χ3n) is 2.53. The van der Waals surface area contributed by atoms with Gasteiger partial charge < -0.3 is 15.3 Å². The Morgan fingerprint density at radius 2 is 2.33 bits per heavy atom. The van der Waals surface area contributed by atoms with Crippen LogP contribution in [0.15, 0.2) is 18.5 Å². The van der Waals surface area contributed by atoms with Crippen molar-refractivity contribution in [2.45, 2.75) is 19.4 Å². The van der Waals surface area contributed by atoms with E-state index in [1.165, 1.54) is 6.07 Å². The molecule has 5 nitrogen and oxygen atoms in total. The van der Waals surface area contributed by atoms with E-state index in [4.69, 9.17) is 23.2 Å². The van der Waals surface area contributed by atoms with Crippen molar-refractivity contribution in [1.29, 1.82) is 0 Å². The molecule has 2 heterocycles. The molecule has 0 fully saturated rings. The highest BCUT2D eigenvalue weighted by Crippen LogP contribution is 2.22. The van der Waals surface area contributed by atoms with Gasteiger partial charge in [-0.25, -0.2) is 4.98 Å². The Morgan fingerprint density at radius 1 is 1.56 bits per heavy atom. The van der Waals surface area contributed by atoms with Gasteiger partial charge in [-0.1, -0.05) is 30.1 Å². The van der Waals surface area contributed by atoms with Crippen molar-refractivity contribution in [3.05, 3.63) is 40.2 Å². The standard InChI is InChI=1S/C11H12Cl2N4O/c1-2-7(10-14-3-4-15-10)17-11(18)8-5-6(12)9(13)16-8/h3-5,7,16H,2H2,1H3,(H,14,15)(H,17,18). The first-order valence-electron chi connectivity index (χ1n) is 5.46. The summed E-state index contributed by atoms with van der Waals surface area (Å²) in [5.74, 6) is 0.446. The summed E-state index contributed by atoms with van der Waals surface area (Å²) in [6, 6.07) is 1.32. The van der Waals surface area contributed by atoms with Gasteiger partial charge in [0.25, 0.3) is 5.91 Å². The molecule has 0 bridgehead atoms. The zero-order valence-electron chi connectivity index (χ0n) is 9.63. The number of hydrogen-bond donors (Lipinski definition) is 3. The first kappa shape index (κ1) is 13.0. The lowest BCUT2D eigenvalue weighted by Crippen LogP contribution is -2.29. The van der Waals surface area contributed by atoms with Gasteiger partial charge in [-0.05, 0) is 12.5 Å². The fourth-order valence-corrected chi connectivity index (χ4v) is 1.91. The molecule has 3 N–H and O–H groups in total. The van der Waals surface area contributed by atoms with Crippen molar-refractivity contribution >= 4 is 29.1 Å². The summed E-state index contributed by atoms with van der Waals surface area (Å²) >= 11 is 11.5. The Kier molecular flexibility index (Phi) is 3.93. The molecule has 0 saturated heterocycles. The highest BCUT2D eigenvalue weighted by molar-refractivity contribution is 6.41. The van der Waals surface area contributed by atoms with Crippen LogP contribution in [0.5, 0.6) is 0 Å². The molecule has 2 aromatic rings. The van der Waals surface area contributed by atoms with Crippen LogP contribution in [0.25, 0.3) is 0 Å². The van der Waals surface area contributed by atoms with E-state index in [9.17, 15) is 4.79 Å². The van der Waals surface area contributed by atoms with Crippen LogP contribution in [0.4, 0.5) is 0 Å². The zero-order chi connectivity index (χ0) is 13.1. The van der Waals surface area contributed by atoms with E-state index in [1.54, 1.807) is 12.4 Å². The molecule has 2 aromatic heterocycles. The van der Waals surface area contributed by atoms with E-state index in [2.05, 4.69) is 20.3 Å². The van der Waals surface area contributed by atoms with Crippen LogP contribution in [-0.2, 0) is 0 Å². The van der Waals surface area contributed by atoms with Gasteiger partial charge in [-0.15, -0.1) is 0 Å². The topological polar surface area (TPSA) is 73.6 Å². The Morgan fingerprint density at radius 3 is 2.83 bits per heavy atom. The minimum Gasteiger partial charge on any atom is -0.347 e. The number of H-pyrrole nitrogens is 2. The molecule has 1 unspecified atom stereocenters. The lowest BCUT2D eigenvalue weighted by Gasteiger charge is -2.13. The van der Waals surface area contributed by atoms with Crippen molar-refractivity contribution in [2.75, 3.05) is 0 Å². The second-order valence-electron chi connectivity index (χ2n) is 3.75. The lowest BCUT2D eigenvalue weighted by atomic mass is 10.2. The van der Waals surface area contributed by atoms with Gasteiger partial charge in [0.15, 0.2) is 0 Å². The summed E-state index contributed by atoms with van der Waals surface area (Å²) in [6.45, 7) is 1.96. The summed E-state index contributed by atoms with van der Waals surface area (Å²) in [5.41, 5.74) is 0.329. The van der Waals surface area contributed by atoms with Crippen molar-refractivity contribution in [2.24, 2.45) is 0 Å². The van der Waals surface area contributed by atoms with Gasteiger partial charge in [0.2, 0.25) is 0 Å². The Bertz CT molecular complexity index is 516. The van der Waals surface area contributed by atoms with Gasteiger partial charge in [0.1, 0.15) is 16.7 Å². The number of halogens is 2. The molecule has 0 spiro atoms. The molecular weight excluding hydrogens is 275 g/mol. The van der Waals surface area contributed by atoms with Crippen LogP contribution < -0.4 is 5.32 Å². The number of amides is 1. The second-order valence-corrected chi connectivity index (χ2v) is 4.54. The van der Waals surface area contributed by atoms with Crippen LogP contribution in [0.2, 0.25) is 10.2 Å². The third-order valence-corrected chi connectivity index (χ3v) is 3.23. The van der Waals surface area contributed by atoms with Crippen LogP contribution in [-0.4, -0.2) is 20.9 Å². The molecule has 0 saturated carbocycles. The highest BCUT2D eigenvalue weighted by atomic mass is 35.5. The van der Waals surface area contributed by atoms with Gasteiger partial charge in [0, 0.05) is 12.4 Å². The number of nitrogens with one attached hydrogen (secondary N) is 3. The smallest absolute Gasteiger partial charge is 0.268 e. The SMILES string of the molecule is CCC(NC(=O)c1cc(Cl)c(Cl)[nH]1)c1ncc[nH]1. The molecule has 1 atom stereocenters. The fourth-order valence-electron chi connectivity index (χ4n) is 1.59. The first-order chi connectivity index (χ1) is 8.61. The lowest BCUT2D eigenvalue weighted by molar-refractivity contribution is 0.0929. The first-order valence-corrected chi connectivity index (χ1v) is 6.21. The van der Waals surface area contributed by atoms with Gasteiger partial charge in [-0.2, -0.15) is 0 Å². The normalized spacial score (nSPS) is 12.4. The van der Waals surface area contributed by atoms with E-state index < -0.39 is 0 Å². The van der Waals surface area contributed by atoms with E-state index in [0.29, 0.717) is 10.7 Å². The summed E-state index contributed by atoms with van der Waals surface area (Å²) in [4.78, 5) is 21.8. The summed E-state index contributed by atoms with van der Waals surface area (Å²) in [5, 5.41) is 3.43. The number of nitrogens with zero attached hydrogens (tertiary/aromatic N) is 1.